The molecule has 1 aromatic rings. The van der Waals surface area contributed by atoms with Crippen LogP contribution in [0.5, 0.6) is 5.75 Å². The molecule has 1 aromatic carbocycles. The molecule has 104 valence electrons. The van der Waals surface area contributed by atoms with Crippen molar-refractivity contribution in [3.63, 3.8) is 0 Å². The van der Waals surface area contributed by atoms with Gasteiger partial charge in [0.1, 0.15) is 5.75 Å². The van der Waals surface area contributed by atoms with E-state index in [2.05, 4.69) is 6.92 Å². The van der Waals surface area contributed by atoms with Crippen LogP contribution < -0.4 is 4.74 Å². The Bertz CT molecular complexity index is 413. The molecule has 0 spiro atoms. The summed E-state index contributed by atoms with van der Waals surface area (Å²) in [6, 6.07) is 7.96. The summed E-state index contributed by atoms with van der Waals surface area (Å²) in [6.45, 7) is 4.09. The summed E-state index contributed by atoms with van der Waals surface area (Å²) >= 11 is 0. The molecule has 1 aliphatic heterocycles. The lowest BCUT2D eigenvalue weighted by molar-refractivity contribution is -0.132. The monoisotopic (exact) mass is 261 g/mol. The zero-order valence-corrected chi connectivity index (χ0v) is 11.9. The minimum atomic E-state index is 0.294. The molecule has 0 aliphatic carbocycles. The van der Waals surface area contributed by atoms with Gasteiger partial charge in [0.05, 0.1) is 7.11 Å². The van der Waals surface area contributed by atoms with E-state index in [9.17, 15) is 4.79 Å². The summed E-state index contributed by atoms with van der Waals surface area (Å²) in [4.78, 5) is 14.2. The largest absolute Gasteiger partial charge is 0.497 e. The Morgan fingerprint density at radius 2 is 2.11 bits per heavy atom. The maximum atomic E-state index is 12.1. The van der Waals surface area contributed by atoms with E-state index in [0.717, 1.165) is 31.7 Å². The first-order chi connectivity index (χ1) is 9.19. The molecule has 1 aliphatic rings. The van der Waals surface area contributed by atoms with Crippen LogP contribution in [-0.2, 0) is 11.2 Å². The van der Waals surface area contributed by atoms with Crippen LogP contribution in [0.15, 0.2) is 24.3 Å². The highest BCUT2D eigenvalue weighted by Gasteiger charge is 2.20. The van der Waals surface area contributed by atoms with Crippen molar-refractivity contribution in [3.8, 4) is 5.75 Å². The standard InChI is InChI=1S/C16H23NO2/c1-13-4-3-11-17(12-13)16(18)10-7-14-5-8-15(19-2)9-6-14/h5-6,8-9,13H,3-4,7,10-12H2,1-2H3/t13-/m1/s1. The summed E-state index contributed by atoms with van der Waals surface area (Å²) in [5.74, 6) is 1.81. The molecule has 19 heavy (non-hydrogen) atoms. The number of rotatable bonds is 4. The molecule has 1 amide bonds. The fraction of sp³-hybridized carbons (Fsp3) is 0.562. The second-order valence-corrected chi connectivity index (χ2v) is 5.44. The van der Waals surface area contributed by atoms with E-state index >= 15 is 0 Å². The zero-order valence-electron chi connectivity index (χ0n) is 11.9. The second-order valence-electron chi connectivity index (χ2n) is 5.44. The number of aryl methyl sites for hydroxylation is 1. The van der Waals surface area contributed by atoms with Crippen molar-refractivity contribution in [2.75, 3.05) is 20.2 Å². The number of ether oxygens (including phenoxy) is 1. The molecule has 0 aromatic heterocycles. The van der Waals surface area contributed by atoms with Gasteiger partial charge in [0.25, 0.3) is 0 Å². The molecule has 1 heterocycles. The van der Waals surface area contributed by atoms with Crippen LogP contribution in [0.4, 0.5) is 0 Å². The van der Waals surface area contributed by atoms with Gasteiger partial charge < -0.3 is 9.64 Å². The Morgan fingerprint density at radius 1 is 1.37 bits per heavy atom. The van der Waals surface area contributed by atoms with Crippen LogP contribution in [0.1, 0.15) is 31.7 Å². The predicted molar refractivity (Wildman–Crippen MR) is 76.3 cm³/mol. The third-order valence-corrected chi connectivity index (χ3v) is 3.80. The van der Waals surface area contributed by atoms with Crippen LogP contribution in [0.25, 0.3) is 0 Å². The third-order valence-electron chi connectivity index (χ3n) is 3.80. The number of carbonyl (C=O) groups is 1. The van der Waals surface area contributed by atoms with E-state index in [0.29, 0.717) is 18.2 Å². The molecule has 1 fully saturated rings. The maximum Gasteiger partial charge on any atom is 0.222 e. The molecular weight excluding hydrogens is 238 g/mol. The lowest BCUT2D eigenvalue weighted by Crippen LogP contribution is -2.39. The van der Waals surface area contributed by atoms with Crippen molar-refractivity contribution in [1.29, 1.82) is 0 Å². The predicted octanol–water partition coefficient (Wildman–Crippen LogP) is 2.89. The number of benzene rings is 1. The van der Waals surface area contributed by atoms with E-state index in [-0.39, 0.29) is 0 Å². The smallest absolute Gasteiger partial charge is 0.222 e. The van der Waals surface area contributed by atoms with Gasteiger partial charge in [-0.1, -0.05) is 19.1 Å². The molecule has 0 saturated carbocycles. The summed E-state index contributed by atoms with van der Waals surface area (Å²) in [7, 11) is 1.66. The number of amides is 1. The molecule has 0 radical (unpaired) electrons. The molecule has 0 bridgehead atoms. The summed E-state index contributed by atoms with van der Waals surface area (Å²) in [6.07, 6.45) is 3.82. The number of piperidine rings is 1. The highest BCUT2D eigenvalue weighted by Crippen LogP contribution is 2.17. The molecule has 1 atom stereocenters. The summed E-state index contributed by atoms with van der Waals surface area (Å²) < 4.78 is 5.13. The van der Waals surface area contributed by atoms with E-state index in [1.165, 1.54) is 12.0 Å². The molecule has 3 nitrogen and oxygen atoms in total. The first kappa shape index (κ1) is 13.9. The lowest BCUT2D eigenvalue weighted by Gasteiger charge is -2.31. The Balaban J connectivity index is 1.82. The first-order valence-corrected chi connectivity index (χ1v) is 7.09. The van der Waals surface area contributed by atoms with Gasteiger partial charge in [-0.05, 0) is 42.9 Å². The van der Waals surface area contributed by atoms with E-state index < -0.39 is 0 Å². The molecule has 1 saturated heterocycles. The Kier molecular flexibility index (Phi) is 4.83. The van der Waals surface area contributed by atoms with Crippen molar-refractivity contribution < 1.29 is 9.53 Å². The van der Waals surface area contributed by atoms with Crippen LogP contribution >= 0.6 is 0 Å². The van der Waals surface area contributed by atoms with Crippen molar-refractivity contribution in [2.24, 2.45) is 5.92 Å². The molecular formula is C16H23NO2. The van der Waals surface area contributed by atoms with Gasteiger partial charge in [0.2, 0.25) is 5.91 Å². The maximum absolute atomic E-state index is 12.1. The van der Waals surface area contributed by atoms with Gasteiger partial charge in [-0.25, -0.2) is 0 Å². The summed E-state index contributed by atoms with van der Waals surface area (Å²) in [5.41, 5.74) is 1.19. The quantitative estimate of drug-likeness (QED) is 0.834. The van der Waals surface area contributed by atoms with Crippen molar-refractivity contribution in [2.45, 2.75) is 32.6 Å². The number of hydrogen-bond acceptors (Lipinski definition) is 2. The van der Waals surface area contributed by atoms with Crippen molar-refractivity contribution in [3.05, 3.63) is 29.8 Å². The number of carbonyl (C=O) groups excluding carboxylic acids is 1. The Labute approximate surface area is 115 Å². The van der Waals surface area contributed by atoms with Gasteiger partial charge in [0, 0.05) is 19.5 Å². The number of hydrogen-bond donors (Lipinski definition) is 0. The van der Waals surface area contributed by atoms with Gasteiger partial charge in [0.15, 0.2) is 0 Å². The Hall–Kier alpha value is -1.51. The van der Waals surface area contributed by atoms with Crippen LogP contribution in [0.2, 0.25) is 0 Å². The molecule has 3 heteroatoms. The van der Waals surface area contributed by atoms with Gasteiger partial charge >= 0.3 is 0 Å². The average molecular weight is 261 g/mol. The molecule has 2 rings (SSSR count). The second kappa shape index (κ2) is 6.60. The minimum absolute atomic E-state index is 0.294. The van der Waals surface area contributed by atoms with Gasteiger partial charge in [-0.3, -0.25) is 4.79 Å². The zero-order chi connectivity index (χ0) is 13.7. The molecule has 0 N–H and O–H groups in total. The number of methoxy groups -OCH3 is 1. The van der Waals surface area contributed by atoms with Crippen LogP contribution in [-0.4, -0.2) is 31.0 Å². The van der Waals surface area contributed by atoms with E-state index in [1.807, 2.05) is 29.2 Å². The van der Waals surface area contributed by atoms with Crippen molar-refractivity contribution >= 4 is 5.91 Å². The van der Waals surface area contributed by atoms with Crippen LogP contribution in [0.3, 0.4) is 0 Å². The third kappa shape index (κ3) is 3.98. The fourth-order valence-corrected chi connectivity index (χ4v) is 2.62. The molecule has 0 unspecified atom stereocenters. The topological polar surface area (TPSA) is 29.5 Å². The van der Waals surface area contributed by atoms with Crippen LogP contribution in [0, 0.1) is 5.92 Å². The number of likely N-dealkylation sites (tertiary alicyclic amines) is 1. The minimum Gasteiger partial charge on any atom is -0.497 e. The highest BCUT2D eigenvalue weighted by atomic mass is 16.5. The van der Waals surface area contributed by atoms with Gasteiger partial charge in [-0.15, -0.1) is 0 Å². The van der Waals surface area contributed by atoms with Gasteiger partial charge in [-0.2, -0.15) is 0 Å². The average Bonchev–Trinajstić information content (AvgIpc) is 2.45. The SMILES string of the molecule is COc1ccc(CCC(=O)N2CCC[C@@H](C)C2)cc1. The number of nitrogens with zero attached hydrogens (tertiary/aromatic N) is 1. The van der Waals surface area contributed by atoms with E-state index in [1.54, 1.807) is 7.11 Å². The normalized spacial score (nSPS) is 19.3. The fourth-order valence-electron chi connectivity index (χ4n) is 2.62. The first-order valence-electron chi connectivity index (χ1n) is 7.09. The lowest BCUT2D eigenvalue weighted by atomic mass is 9.99. The van der Waals surface area contributed by atoms with E-state index in [4.69, 9.17) is 4.74 Å². The van der Waals surface area contributed by atoms with Crippen molar-refractivity contribution in [1.82, 2.24) is 4.90 Å². The Morgan fingerprint density at radius 3 is 2.74 bits per heavy atom. The highest BCUT2D eigenvalue weighted by molar-refractivity contribution is 5.76. The summed E-state index contributed by atoms with van der Waals surface area (Å²) in [5, 5.41) is 0.